The predicted octanol–water partition coefficient (Wildman–Crippen LogP) is -0.00670. The van der Waals surface area contributed by atoms with Gasteiger partial charge in [0, 0.05) is 19.1 Å². The third-order valence-corrected chi connectivity index (χ3v) is 3.57. The Labute approximate surface area is 129 Å². The minimum atomic E-state index is -1.42. The summed E-state index contributed by atoms with van der Waals surface area (Å²) in [7, 11) is -1.42. The monoisotopic (exact) mass is 301 g/mol. The van der Waals surface area contributed by atoms with Crippen molar-refractivity contribution in [1.82, 2.24) is 15.5 Å². The number of hydrogen-bond acceptors (Lipinski definition) is 5. The van der Waals surface area contributed by atoms with Crippen LogP contribution in [0.25, 0.3) is 0 Å². The minimum absolute atomic E-state index is 0.0347. The van der Waals surface area contributed by atoms with Gasteiger partial charge in [0.25, 0.3) is 0 Å². The molecule has 2 fully saturated rings. The second-order valence-corrected chi connectivity index (χ2v) is 4.78. The van der Waals surface area contributed by atoms with Crippen LogP contribution >= 0.6 is 0 Å². The molecular formula is C14H32BN3O3. The van der Waals surface area contributed by atoms with E-state index in [1.807, 2.05) is 27.7 Å². The number of amides is 1. The fourth-order valence-electron chi connectivity index (χ4n) is 2.57. The molecule has 2 heterocycles. The van der Waals surface area contributed by atoms with Gasteiger partial charge in [-0.05, 0) is 25.8 Å². The maximum atomic E-state index is 11.9. The van der Waals surface area contributed by atoms with E-state index in [-0.39, 0.29) is 12.5 Å². The van der Waals surface area contributed by atoms with Crippen LogP contribution in [0.5, 0.6) is 0 Å². The lowest BCUT2D eigenvalue weighted by Crippen LogP contribution is -2.49. The average Bonchev–Trinajstić information content (AvgIpc) is 3.20. The van der Waals surface area contributed by atoms with E-state index in [4.69, 9.17) is 0 Å². The minimum Gasteiger partial charge on any atom is -0.426 e. The van der Waals surface area contributed by atoms with E-state index in [1.54, 1.807) is 4.90 Å². The smallest absolute Gasteiger partial charge is 0.426 e. The van der Waals surface area contributed by atoms with Crippen molar-refractivity contribution in [3.8, 4) is 0 Å². The molecule has 0 bridgehead atoms. The Hall–Kier alpha value is -0.625. The van der Waals surface area contributed by atoms with Crippen LogP contribution < -0.4 is 10.6 Å². The summed E-state index contributed by atoms with van der Waals surface area (Å²) in [5.74, 6) is -0.460. The predicted molar refractivity (Wildman–Crippen MR) is 86.9 cm³/mol. The number of hydrogen-bond donors (Lipinski definition) is 4. The van der Waals surface area contributed by atoms with Gasteiger partial charge in [-0.25, -0.2) is 0 Å². The largest absolute Gasteiger partial charge is 0.475 e. The lowest BCUT2D eigenvalue weighted by Gasteiger charge is -2.24. The molecule has 4 N–H and O–H groups in total. The Bertz CT molecular complexity index is 274. The number of carbonyl (C=O) groups excluding carboxylic acids is 1. The van der Waals surface area contributed by atoms with Gasteiger partial charge in [0.05, 0.1) is 12.5 Å². The fourth-order valence-corrected chi connectivity index (χ4v) is 2.57. The van der Waals surface area contributed by atoms with E-state index in [0.717, 1.165) is 25.9 Å². The van der Waals surface area contributed by atoms with Crippen LogP contribution in [0.2, 0.25) is 0 Å². The molecule has 0 saturated carbocycles. The Morgan fingerprint density at radius 3 is 2.48 bits per heavy atom. The van der Waals surface area contributed by atoms with Crippen LogP contribution in [-0.4, -0.2) is 66.1 Å². The molecule has 0 aromatic rings. The van der Waals surface area contributed by atoms with Crippen molar-refractivity contribution >= 4 is 13.0 Å². The standard InChI is InChI=1S/C10H20BN3O3.2C2H6/c15-10(7-13-8-3-4-12-6-8)14-5-1-2-9(14)11(16)17;2*1-2/h8-9,12-13,16-17H,1-7H2;2*1-2H3. The molecule has 7 heteroatoms. The van der Waals surface area contributed by atoms with Crippen LogP contribution in [0.1, 0.15) is 47.0 Å². The SMILES string of the molecule is CC.CC.O=C(CNC1CCNC1)N1CCCC1B(O)O. The van der Waals surface area contributed by atoms with Crippen molar-refractivity contribution in [3.05, 3.63) is 0 Å². The van der Waals surface area contributed by atoms with E-state index in [2.05, 4.69) is 10.6 Å². The zero-order chi connectivity index (χ0) is 16.3. The Balaban J connectivity index is 0.000000921. The number of carbonyl (C=O) groups is 1. The lowest BCUT2D eigenvalue weighted by molar-refractivity contribution is -0.130. The number of likely N-dealkylation sites (tertiary alicyclic amines) is 1. The second kappa shape index (κ2) is 12.0. The highest BCUT2D eigenvalue weighted by molar-refractivity contribution is 6.43. The van der Waals surface area contributed by atoms with Crippen molar-refractivity contribution in [3.63, 3.8) is 0 Å². The van der Waals surface area contributed by atoms with Gasteiger partial charge in [0.1, 0.15) is 0 Å². The van der Waals surface area contributed by atoms with Crippen molar-refractivity contribution in [2.24, 2.45) is 0 Å². The molecule has 21 heavy (non-hydrogen) atoms. The van der Waals surface area contributed by atoms with Crippen molar-refractivity contribution < 1.29 is 14.8 Å². The van der Waals surface area contributed by atoms with Crippen molar-refractivity contribution in [2.75, 3.05) is 26.2 Å². The molecule has 1 amide bonds. The molecule has 2 aliphatic heterocycles. The van der Waals surface area contributed by atoms with Crippen LogP contribution in [-0.2, 0) is 4.79 Å². The molecular weight excluding hydrogens is 269 g/mol. The lowest BCUT2D eigenvalue weighted by atomic mass is 9.78. The fraction of sp³-hybridized carbons (Fsp3) is 0.929. The third kappa shape index (κ3) is 6.78. The average molecular weight is 301 g/mol. The number of nitrogens with one attached hydrogen (secondary N) is 2. The third-order valence-electron chi connectivity index (χ3n) is 3.57. The van der Waals surface area contributed by atoms with Crippen molar-refractivity contribution in [2.45, 2.75) is 58.9 Å². The van der Waals surface area contributed by atoms with Gasteiger partial charge in [0.15, 0.2) is 0 Å². The highest BCUT2D eigenvalue weighted by Crippen LogP contribution is 2.17. The summed E-state index contributed by atoms with van der Waals surface area (Å²) >= 11 is 0. The summed E-state index contributed by atoms with van der Waals surface area (Å²) in [6.07, 6.45) is 2.56. The van der Waals surface area contributed by atoms with E-state index >= 15 is 0 Å². The molecule has 2 aliphatic rings. The molecule has 2 saturated heterocycles. The quantitative estimate of drug-likeness (QED) is 0.549. The molecule has 2 unspecified atom stereocenters. The van der Waals surface area contributed by atoms with Gasteiger partial charge in [-0.15, -0.1) is 0 Å². The first-order chi connectivity index (χ1) is 10.2. The summed E-state index contributed by atoms with van der Waals surface area (Å²) in [6.45, 7) is 10.8. The Morgan fingerprint density at radius 2 is 1.95 bits per heavy atom. The molecule has 0 radical (unpaired) electrons. The van der Waals surface area contributed by atoms with Crippen molar-refractivity contribution in [1.29, 1.82) is 0 Å². The highest BCUT2D eigenvalue weighted by Gasteiger charge is 2.36. The van der Waals surface area contributed by atoms with Gasteiger partial charge < -0.3 is 25.6 Å². The zero-order valence-electron chi connectivity index (χ0n) is 13.9. The summed E-state index contributed by atoms with van der Waals surface area (Å²) in [5.41, 5.74) is 0. The second-order valence-electron chi connectivity index (χ2n) is 4.78. The molecule has 2 atom stereocenters. The zero-order valence-corrected chi connectivity index (χ0v) is 13.9. The maximum Gasteiger partial charge on any atom is 0.475 e. The van der Waals surface area contributed by atoms with Crippen LogP contribution in [0.4, 0.5) is 0 Å². The first-order valence-corrected chi connectivity index (χ1v) is 8.28. The van der Waals surface area contributed by atoms with Crippen LogP contribution in [0, 0.1) is 0 Å². The molecule has 6 nitrogen and oxygen atoms in total. The molecule has 0 aromatic carbocycles. The summed E-state index contributed by atoms with van der Waals surface area (Å²) in [5, 5.41) is 24.8. The molecule has 0 aliphatic carbocycles. The Kier molecular flexibility index (Phi) is 11.6. The van der Waals surface area contributed by atoms with Gasteiger partial charge in [0.2, 0.25) is 5.91 Å². The number of rotatable bonds is 4. The van der Waals surface area contributed by atoms with E-state index < -0.39 is 13.1 Å². The van der Waals surface area contributed by atoms with E-state index in [9.17, 15) is 14.8 Å². The summed E-state index contributed by atoms with van der Waals surface area (Å²) in [6, 6.07) is 0.360. The molecule has 0 spiro atoms. The van der Waals surface area contributed by atoms with E-state index in [0.29, 0.717) is 19.0 Å². The van der Waals surface area contributed by atoms with Crippen LogP contribution in [0.15, 0.2) is 0 Å². The highest BCUT2D eigenvalue weighted by atomic mass is 16.4. The van der Waals surface area contributed by atoms with Gasteiger partial charge in [-0.3, -0.25) is 4.79 Å². The van der Waals surface area contributed by atoms with Crippen LogP contribution in [0.3, 0.4) is 0 Å². The van der Waals surface area contributed by atoms with Gasteiger partial charge in [-0.1, -0.05) is 27.7 Å². The molecule has 2 rings (SSSR count). The Morgan fingerprint density at radius 1 is 1.29 bits per heavy atom. The first kappa shape index (κ1) is 20.4. The first-order valence-electron chi connectivity index (χ1n) is 8.28. The maximum absolute atomic E-state index is 11.9. The summed E-state index contributed by atoms with van der Waals surface area (Å²) < 4.78 is 0. The topological polar surface area (TPSA) is 84.8 Å². The molecule has 124 valence electrons. The number of nitrogens with zero attached hydrogens (tertiary/aromatic N) is 1. The van der Waals surface area contributed by atoms with Gasteiger partial charge in [-0.2, -0.15) is 0 Å². The molecule has 0 aromatic heterocycles. The van der Waals surface area contributed by atoms with E-state index in [1.165, 1.54) is 0 Å². The van der Waals surface area contributed by atoms with Gasteiger partial charge >= 0.3 is 7.12 Å². The normalized spacial score (nSPS) is 23.8. The summed E-state index contributed by atoms with van der Waals surface area (Å²) in [4.78, 5) is 13.5.